The fourth-order valence-electron chi connectivity index (χ4n) is 3.96. The number of aryl methyl sites for hydroxylation is 1. The average Bonchev–Trinajstić information content (AvgIpc) is 3.39. The molecule has 4 aromatic rings. The van der Waals surface area contributed by atoms with Gasteiger partial charge in [-0.15, -0.1) is 0 Å². The molecular formula is C23H20N4O5. The number of nitrogens with one attached hydrogen (secondary N) is 1. The third kappa shape index (κ3) is 3.15. The lowest BCUT2D eigenvalue weighted by Crippen LogP contribution is -2.40. The van der Waals surface area contributed by atoms with Crippen LogP contribution < -0.4 is 26.0 Å². The Balaban J connectivity index is 1.59. The van der Waals surface area contributed by atoms with E-state index in [1.807, 2.05) is 30.3 Å². The zero-order valence-corrected chi connectivity index (χ0v) is 17.5. The second kappa shape index (κ2) is 7.45. The average molecular weight is 432 g/mol. The molecule has 0 bridgehead atoms. The number of hydrogen-bond donors (Lipinski definition) is 1. The fraction of sp³-hybridized carbons (Fsp3) is 0.174. The van der Waals surface area contributed by atoms with E-state index >= 15 is 0 Å². The second-order valence-corrected chi connectivity index (χ2v) is 7.57. The summed E-state index contributed by atoms with van der Waals surface area (Å²) in [6, 6.07) is 14.5. The minimum absolute atomic E-state index is 0.133. The van der Waals surface area contributed by atoms with Crippen LogP contribution in [0.2, 0.25) is 0 Å². The molecule has 0 aliphatic carbocycles. The van der Waals surface area contributed by atoms with Crippen LogP contribution in [0.5, 0.6) is 11.5 Å². The van der Waals surface area contributed by atoms with Gasteiger partial charge in [-0.3, -0.25) is 18.7 Å². The maximum absolute atomic E-state index is 13.0. The topological polar surface area (TPSA) is 96.5 Å². The van der Waals surface area contributed by atoms with Crippen LogP contribution in [0.25, 0.3) is 22.2 Å². The molecule has 2 aromatic heterocycles. The van der Waals surface area contributed by atoms with E-state index in [9.17, 15) is 14.4 Å². The van der Waals surface area contributed by atoms with Crippen molar-refractivity contribution in [1.29, 1.82) is 0 Å². The van der Waals surface area contributed by atoms with Crippen LogP contribution in [-0.2, 0) is 25.4 Å². The molecule has 0 atom stereocenters. The Morgan fingerprint density at radius 2 is 1.75 bits per heavy atom. The summed E-state index contributed by atoms with van der Waals surface area (Å²) < 4.78 is 14.7. The smallest absolute Gasteiger partial charge is 0.331 e. The number of amides is 1. The molecule has 0 saturated heterocycles. The molecule has 2 aromatic carbocycles. The van der Waals surface area contributed by atoms with E-state index in [2.05, 4.69) is 5.32 Å². The Morgan fingerprint density at radius 1 is 1.00 bits per heavy atom. The maximum Gasteiger partial charge on any atom is 0.331 e. The van der Waals surface area contributed by atoms with E-state index in [1.54, 1.807) is 36.0 Å². The molecule has 0 spiro atoms. The highest BCUT2D eigenvalue weighted by Crippen LogP contribution is 2.34. The molecule has 3 heterocycles. The number of ether oxygens (including phenoxy) is 2. The molecule has 0 unspecified atom stereocenters. The van der Waals surface area contributed by atoms with E-state index in [1.165, 1.54) is 11.6 Å². The number of hydrogen-bond acceptors (Lipinski definition) is 5. The molecule has 9 nitrogen and oxygen atoms in total. The maximum atomic E-state index is 13.0. The first kappa shape index (κ1) is 19.7. The summed E-state index contributed by atoms with van der Waals surface area (Å²) in [5, 5.41) is 2.78. The van der Waals surface area contributed by atoms with E-state index in [-0.39, 0.29) is 13.3 Å². The molecule has 1 N–H and O–H groups in total. The summed E-state index contributed by atoms with van der Waals surface area (Å²) in [4.78, 5) is 38.8. The van der Waals surface area contributed by atoms with Crippen LogP contribution >= 0.6 is 0 Å². The molecule has 1 amide bonds. The molecule has 1 aliphatic rings. The van der Waals surface area contributed by atoms with Crippen LogP contribution in [-0.4, -0.2) is 26.4 Å². The largest absolute Gasteiger partial charge is 0.454 e. The number of fused-ring (bicyclic) bond motifs is 2. The molecule has 0 fully saturated rings. The molecule has 0 saturated carbocycles. The molecule has 0 radical (unpaired) electrons. The summed E-state index contributed by atoms with van der Waals surface area (Å²) >= 11 is 0. The number of carbonyl (C=O) groups excluding carboxylic acids is 1. The number of benzene rings is 2. The lowest BCUT2D eigenvalue weighted by molar-refractivity contribution is -0.116. The first-order valence-electron chi connectivity index (χ1n) is 9.98. The first-order valence-corrected chi connectivity index (χ1v) is 9.98. The van der Waals surface area contributed by atoms with Crippen LogP contribution in [0.4, 0.5) is 5.69 Å². The third-order valence-electron chi connectivity index (χ3n) is 5.49. The van der Waals surface area contributed by atoms with Gasteiger partial charge in [0.05, 0.1) is 5.52 Å². The lowest BCUT2D eigenvalue weighted by Gasteiger charge is -2.12. The van der Waals surface area contributed by atoms with E-state index in [0.717, 1.165) is 10.1 Å². The highest BCUT2D eigenvalue weighted by Gasteiger charge is 2.21. The van der Waals surface area contributed by atoms with Crippen molar-refractivity contribution in [3.63, 3.8) is 0 Å². The minimum atomic E-state index is -0.563. The second-order valence-electron chi connectivity index (χ2n) is 7.57. The number of nitrogens with zero attached hydrogens (tertiary/aromatic N) is 3. The SMILES string of the molecule is Cn1c(=O)c2c(c(-c3ccccc3)cn2C)n(CC(=O)Nc2ccc3c(c2)OCO3)c1=O. The van der Waals surface area contributed by atoms with Crippen molar-refractivity contribution < 1.29 is 14.3 Å². The Kier molecular flexibility index (Phi) is 4.58. The normalized spacial score (nSPS) is 12.3. The van der Waals surface area contributed by atoms with Crippen molar-refractivity contribution in [2.75, 3.05) is 12.1 Å². The summed E-state index contributed by atoms with van der Waals surface area (Å²) in [6.45, 7) is -0.129. The molecule has 162 valence electrons. The highest BCUT2D eigenvalue weighted by molar-refractivity contribution is 5.96. The van der Waals surface area contributed by atoms with E-state index in [0.29, 0.717) is 33.8 Å². The van der Waals surface area contributed by atoms with Gasteiger partial charge < -0.3 is 19.4 Å². The summed E-state index contributed by atoms with van der Waals surface area (Å²) in [5.74, 6) is 0.739. The summed E-state index contributed by atoms with van der Waals surface area (Å²) in [5.41, 5.74) is 1.86. The molecule has 9 heteroatoms. The van der Waals surface area contributed by atoms with E-state index in [4.69, 9.17) is 9.47 Å². The van der Waals surface area contributed by atoms with Crippen LogP contribution in [0.1, 0.15) is 0 Å². The molecule has 1 aliphatic heterocycles. The van der Waals surface area contributed by atoms with Gasteiger partial charge in [0.15, 0.2) is 11.5 Å². The van der Waals surface area contributed by atoms with Gasteiger partial charge in [-0.2, -0.15) is 0 Å². The number of anilines is 1. The quantitative estimate of drug-likeness (QED) is 0.533. The van der Waals surface area contributed by atoms with E-state index < -0.39 is 17.2 Å². The first-order chi connectivity index (χ1) is 15.4. The molecule has 32 heavy (non-hydrogen) atoms. The van der Waals surface area contributed by atoms with Gasteiger partial charge in [0.1, 0.15) is 12.1 Å². The minimum Gasteiger partial charge on any atom is -0.454 e. The number of aromatic nitrogens is 3. The standard InChI is InChI=1S/C23H20N4O5/c1-25-11-16(14-6-4-3-5-7-14)20-21(25)22(29)26(2)23(30)27(20)12-19(28)24-15-8-9-17-18(10-15)32-13-31-17/h3-11H,12-13H2,1-2H3,(H,24,28). The lowest BCUT2D eigenvalue weighted by atomic mass is 10.1. The van der Waals surface area contributed by atoms with Crippen molar-refractivity contribution in [2.24, 2.45) is 14.1 Å². The van der Waals surface area contributed by atoms with Gasteiger partial charge in [0, 0.05) is 37.6 Å². The Hall–Kier alpha value is -4.27. The Morgan fingerprint density at radius 3 is 2.53 bits per heavy atom. The molecular weight excluding hydrogens is 412 g/mol. The Labute approximate surface area is 182 Å². The third-order valence-corrected chi connectivity index (χ3v) is 5.49. The Bertz CT molecular complexity index is 1480. The highest BCUT2D eigenvalue weighted by atomic mass is 16.7. The van der Waals surface area contributed by atoms with Crippen LogP contribution in [0.15, 0.2) is 64.3 Å². The number of carbonyl (C=O) groups is 1. The fourth-order valence-corrected chi connectivity index (χ4v) is 3.96. The van der Waals surface area contributed by atoms with Crippen molar-refractivity contribution in [3.8, 4) is 22.6 Å². The predicted molar refractivity (Wildman–Crippen MR) is 119 cm³/mol. The zero-order chi connectivity index (χ0) is 22.4. The van der Waals surface area contributed by atoms with Crippen molar-refractivity contribution in [1.82, 2.24) is 13.7 Å². The monoisotopic (exact) mass is 432 g/mol. The van der Waals surface area contributed by atoms with Crippen molar-refractivity contribution >= 4 is 22.6 Å². The van der Waals surface area contributed by atoms with Gasteiger partial charge in [0.25, 0.3) is 5.56 Å². The van der Waals surface area contributed by atoms with Gasteiger partial charge >= 0.3 is 5.69 Å². The number of rotatable bonds is 4. The summed E-state index contributed by atoms with van der Waals surface area (Å²) in [6.07, 6.45) is 1.80. The summed E-state index contributed by atoms with van der Waals surface area (Å²) in [7, 11) is 3.16. The van der Waals surface area contributed by atoms with Crippen LogP contribution in [0, 0.1) is 0 Å². The zero-order valence-electron chi connectivity index (χ0n) is 17.5. The van der Waals surface area contributed by atoms with Gasteiger partial charge in [-0.05, 0) is 17.7 Å². The van der Waals surface area contributed by atoms with Gasteiger partial charge in [-0.1, -0.05) is 30.3 Å². The van der Waals surface area contributed by atoms with Crippen molar-refractivity contribution in [3.05, 3.63) is 75.6 Å². The van der Waals surface area contributed by atoms with Gasteiger partial charge in [0.2, 0.25) is 12.7 Å². The van der Waals surface area contributed by atoms with Crippen LogP contribution in [0.3, 0.4) is 0 Å². The van der Waals surface area contributed by atoms with Crippen molar-refractivity contribution in [2.45, 2.75) is 6.54 Å². The van der Waals surface area contributed by atoms with Gasteiger partial charge in [-0.25, -0.2) is 4.79 Å². The molecule has 5 rings (SSSR count). The predicted octanol–water partition coefficient (Wildman–Crippen LogP) is 2.07.